The predicted octanol–water partition coefficient (Wildman–Crippen LogP) is 1.85. The van der Waals surface area contributed by atoms with Crippen LogP contribution in [0.1, 0.15) is 0 Å². The van der Waals surface area contributed by atoms with Crippen LogP contribution in [-0.2, 0) is 0 Å². The third kappa shape index (κ3) is 0.589. The van der Waals surface area contributed by atoms with Crippen molar-refractivity contribution >= 4 is 11.2 Å². The summed E-state index contributed by atoms with van der Waals surface area (Å²) in [6, 6.07) is 7.53. The monoisotopic (exact) mass is 131 g/mol. The Labute approximate surface area is 58.9 Å². The number of pyridine rings is 1. The van der Waals surface area contributed by atoms with Crippen LogP contribution < -0.4 is 5.73 Å². The van der Waals surface area contributed by atoms with E-state index in [9.17, 15) is 0 Å². The van der Waals surface area contributed by atoms with E-state index in [1.54, 1.807) is 6.07 Å². The highest BCUT2D eigenvalue weighted by Crippen LogP contribution is 2.13. The number of nitrogens with one attached hydrogen (secondary N) is 1. The molecule has 0 amide bonds. The first-order chi connectivity index (χ1) is 4.88. The molecular formula is C8H7N2. The molecule has 0 aliphatic rings. The van der Waals surface area contributed by atoms with Crippen LogP contribution in [0.5, 0.6) is 0 Å². The molecule has 2 aromatic rings. The van der Waals surface area contributed by atoms with Crippen LogP contribution in [0.3, 0.4) is 0 Å². The molecule has 0 unspecified atom stereocenters. The Kier molecular flexibility index (Phi) is 0.947. The SMILES string of the molecule is [NH]c1cccn2cccc12. The van der Waals surface area contributed by atoms with Crippen molar-refractivity contribution in [2.45, 2.75) is 0 Å². The number of hydrogen-bond acceptors (Lipinski definition) is 0. The maximum Gasteiger partial charge on any atom is 0.0780 e. The van der Waals surface area contributed by atoms with Crippen molar-refractivity contribution in [2.24, 2.45) is 0 Å². The fraction of sp³-hybridized carbons (Fsp3) is 0. The number of hydrogen-bond donors (Lipinski definition) is 0. The van der Waals surface area contributed by atoms with Crippen molar-refractivity contribution in [1.82, 2.24) is 10.1 Å². The lowest BCUT2D eigenvalue weighted by Crippen LogP contribution is -1.80. The summed E-state index contributed by atoms with van der Waals surface area (Å²) in [6.45, 7) is 0. The number of aromatic nitrogens is 1. The van der Waals surface area contributed by atoms with Gasteiger partial charge < -0.3 is 4.40 Å². The predicted molar refractivity (Wildman–Crippen MR) is 40.2 cm³/mol. The molecule has 2 nitrogen and oxygen atoms in total. The average molecular weight is 131 g/mol. The highest BCUT2D eigenvalue weighted by atomic mass is 14.9. The lowest BCUT2D eigenvalue weighted by Gasteiger charge is -1.94. The van der Waals surface area contributed by atoms with Crippen molar-refractivity contribution in [2.75, 3.05) is 0 Å². The van der Waals surface area contributed by atoms with Gasteiger partial charge in [0.2, 0.25) is 0 Å². The molecule has 0 aromatic carbocycles. The second kappa shape index (κ2) is 1.77. The molecule has 49 valence electrons. The molecule has 0 bridgehead atoms. The third-order valence-corrected chi connectivity index (χ3v) is 1.56. The molecule has 2 rings (SSSR count). The Bertz CT molecular complexity index is 349. The van der Waals surface area contributed by atoms with Gasteiger partial charge in [0.05, 0.1) is 11.2 Å². The van der Waals surface area contributed by atoms with E-state index in [0.29, 0.717) is 5.69 Å². The molecule has 0 aliphatic carbocycles. The first-order valence-corrected chi connectivity index (χ1v) is 3.15. The van der Waals surface area contributed by atoms with Crippen molar-refractivity contribution < 1.29 is 0 Å². The molecular weight excluding hydrogens is 124 g/mol. The smallest absolute Gasteiger partial charge is 0.0780 e. The van der Waals surface area contributed by atoms with Crippen LogP contribution >= 0.6 is 0 Å². The van der Waals surface area contributed by atoms with E-state index >= 15 is 0 Å². The average Bonchev–Trinajstić information content (AvgIpc) is 2.36. The summed E-state index contributed by atoms with van der Waals surface area (Å²) in [6.07, 6.45) is 3.88. The maximum atomic E-state index is 7.46. The maximum absolute atomic E-state index is 7.46. The molecule has 0 fully saturated rings. The fourth-order valence-corrected chi connectivity index (χ4v) is 1.07. The van der Waals surface area contributed by atoms with Crippen LogP contribution in [-0.4, -0.2) is 4.40 Å². The normalized spacial score (nSPS) is 10.4. The second-order valence-corrected chi connectivity index (χ2v) is 2.22. The Balaban J connectivity index is 2.95. The fourth-order valence-electron chi connectivity index (χ4n) is 1.07. The highest BCUT2D eigenvalue weighted by Gasteiger charge is 1.93. The first-order valence-electron chi connectivity index (χ1n) is 3.15. The minimum Gasteiger partial charge on any atom is -0.322 e. The topological polar surface area (TPSA) is 28.2 Å². The minimum absolute atomic E-state index is 0.576. The molecule has 2 aromatic heterocycles. The van der Waals surface area contributed by atoms with Gasteiger partial charge in [0.25, 0.3) is 0 Å². The van der Waals surface area contributed by atoms with Crippen molar-refractivity contribution in [1.29, 1.82) is 0 Å². The summed E-state index contributed by atoms with van der Waals surface area (Å²) >= 11 is 0. The molecule has 1 radical (unpaired) electrons. The Morgan fingerprint density at radius 3 is 2.50 bits per heavy atom. The van der Waals surface area contributed by atoms with Gasteiger partial charge in [-0.15, -0.1) is 0 Å². The van der Waals surface area contributed by atoms with Gasteiger partial charge in [0.15, 0.2) is 0 Å². The Morgan fingerprint density at radius 1 is 1.10 bits per heavy atom. The van der Waals surface area contributed by atoms with Gasteiger partial charge in [-0.1, -0.05) is 0 Å². The minimum atomic E-state index is 0.576. The summed E-state index contributed by atoms with van der Waals surface area (Å²) < 4.78 is 1.93. The van der Waals surface area contributed by atoms with Crippen LogP contribution in [0.15, 0.2) is 36.7 Å². The molecule has 2 heterocycles. The second-order valence-electron chi connectivity index (χ2n) is 2.22. The van der Waals surface area contributed by atoms with E-state index in [0.717, 1.165) is 5.52 Å². The van der Waals surface area contributed by atoms with Gasteiger partial charge in [-0.05, 0) is 24.3 Å². The van der Waals surface area contributed by atoms with Crippen LogP contribution in [0.25, 0.3) is 5.52 Å². The zero-order valence-corrected chi connectivity index (χ0v) is 5.41. The first kappa shape index (κ1) is 5.35. The van der Waals surface area contributed by atoms with Gasteiger partial charge in [-0.25, -0.2) is 0 Å². The molecule has 2 heteroatoms. The lowest BCUT2D eigenvalue weighted by molar-refractivity contribution is 1.19. The molecule has 0 saturated heterocycles. The highest BCUT2D eigenvalue weighted by molar-refractivity contribution is 5.66. The molecule has 0 saturated carbocycles. The van der Waals surface area contributed by atoms with E-state index in [4.69, 9.17) is 5.73 Å². The van der Waals surface area contributed by atoms with Crippen LogP contribution in [0.2, 0.25) is 0 Å². The van der Waals surface area contributed by atoms with Gasteiger partial charge in [0.1, 0.15) is 0 Å². The third-order valence-electron chi connectivity index (χ3n) is 1.56. The summed E-state index contributed by atoms with van der Waals surface area (Å²) in [5.41, 5.74) is 9.00. The number of nitrogens with zero attached hydrogens (tertiary/aromatic N) is 1. The van der Waals surface area contributed by atoms with Crippen LogP contribution in [0.4, 0.5) is 5.69 Å². The lowest BCUT2D eigenvalue weighted by atomic mass is 10.3. The van der Waals surface area contributed by atoms with Gasteiger partial charge in [-0.2, -0.15) is 0 Å². The van der Waals surface area contributed by atoms with Crippen molar-refractivity contribution in [3.05, 3.63) is 36.7 Å². The van der Waals surface area contributed by atoms with Crippen molar-refractivity contribution in [3.63, 3.8) is 0 Å². The van der Waals surface area contributed by atoms with E-state index in [1.807, 2.05) is 35.0 Å². The number of fused-ring (bicyclic) bond motifs is 1. The summed E-state index contributed by atoms with van der Waals surface area (Å²) in [7, 11) is 0. The van der Waals surface area contributed by atoms with Gasteiger partial charge >= 0.3 is 0 Å². The van der Waals surface area contributed by atoms with E-state index < -0.39 is 0 Å². The summed E-state index contributed by atoms with van der Waals surface area (Å²) in [5.74, 6) is 0. The molecule has 0 aliphatic heterocycles. The zero-order valence-electron chi connectivity index (χ0n) is 5.41. The largest absolute Gasteiger partial charge is 0.322 e. The standard InChI is InChI=1S/C8H7N2/c9-7-3-1-5-10-6-2-4-8(7)10/h1-6,9H. The molecule has 1 N–H and O–H groups in total. The summed E-state index contributed by atoms with van der Waals surface area (Å²) in [5, 5.41) is 0. The van der Waals surface area contributed by atoms with E-state index in [2.05, 4.69) is 0 Å². The quantitative estimate of drug-likeness (QED) is 0.522. The molecule has 0 spiro atoms. The zero-order chi connectivity index (χ0) is 6.97. The number of rotatable bonds is 0. The molecule has 10 heavy (non-hydrogen) atoms. The Morgan fingerprint density at radius 2 is 1.80 bits per heavy atom. The van der Waals surface area contributed by atoms with E-state index in [-0.39, 0.29) is 0 Å². The summed E-state index contributed by atoms with van der Waals surface area (Å²) in [4.78, 5) is 0. The van der Waals surface area contributed by atoms with E-state index in [1.165, 1.54) is 0 Å². The van der Waals surface area contributed by atoms with Crippen molar-refractivity contribution in [3.8, 4) is 0 Å². The van der Waals surface area contributed by atoms with Gasteiger partial charge in [0, 0.05) is 12.4 Å². The van der Waals surface area contributed by atoms with Gasteiger partial charge in [-0.3, -0.25) is 5.73 Å². The molecule has 0 atom stereocenters. The Hall–Kier alpha value is -1.44. The van der Waals surface area contributed by atoms with Crippen LogP contribution in [0, 0.1) is 0 Å².